The predicted molar refractivity (Wildman–Crippen MR) is 80.3 cm³/mol. The van der Waals surface area contributed by atoms with Crippen molar-refractivity contribution in [1.29, 1.82) is 0 Å². The SMILES string of the molecule is CCc1nccc(CN2CCc3ccc(F)cc3C2C)n1. The summed E-state index contributed by atoms with van der Waals surface area (Å²) in [5.74, 6) is 0.723. The van der Waals surface area contributed by atoms with Crippen LogP contribution in [-0.2, 0) is 19.4 Å². The van der Waals surface area contributed by atoms with E-state index in [2.05, 4.69) is 28.7 Å². The molecule has 1 atom stereocenters. The van der Waals surface area contributed by atoms with E-state index in [0.717, 1.165) is 43.0 Å². The lowest BCUT2D eigenvalue weighted by Gasteiger charge is -2.35. The van der Waals surface area contributed by atoms with Crippen molar-refractivity contribution in [3.8, 4) is 0 Å². The zero-order valence-electron chi connectivity index (χ0n) is 12.5. The van der Waals surface area contributed by atoms with Crippen LogP contribution in [-0.4, -0.2) is 21.4 Å². The van der Waals surface area contributed by atoms with Crippen molar-refractivity contribution in [2.75, 3.05) is 6.54 Å². The van der Waals surface area contributed by atoms with Crippen LogP contribution >= 0.6 is 0 Å². The van der Waals surface area contributed by atoms with Gasteiger partial charge in [0.05, 0.1) is 5.69 Å². The molecule has 0 N–H and O–H groups in total. The summed E-state index contributed by atoms with van der Waals surface area (Å²) in [6.45, 7) is 5.96. The van der Waals surface area contributed by atoms with Crippen LogP contribution in [0.1, 0.15) is 42.5 Å². The van der Waals surface area contributed by atoms with Gasteiger partial charge in [0, 0.05) is 31.7 Å². The Kier molecular flexibility index (Phi) is 3.97. The Morgan fingerprint density at radius 1 is 1.33 bits per heavy atom. The molecule has 0 bridgehead atoms. The van der Waals surface area contributed by atoms with Gasteiger partial charge >= 0.3 is 0 Å². The van der Waals surface area contributed by atoms with Crippen molar-refractivity contribution in [3.05, 3.63) is 58.9 Å². The monoisotopic (exact) mass is 285 g/mol. The van der Waals surface area contributed by atoms with Crippen LogP contribution in [0, 0.1) is 5.82 Å². The summed E-state index contributed by atoms with van der Waals surface area (Å²) in [4.78, 5) is 11.2. The summed E-state index contributed by atoms with van der Waals surface area (Å²) in [6.07, 6.45) is 3.63. The van der Waals surface area contributed by atoms with E-state index in [9.17, 15) is 4.39 Å². The summed E-state index contributed by atoms with van der Waals surface area (Å²) in [5, 5.41) is 0. The van der Waals surface area contributed by atoms with Gasteiger partial charge in [0.25, 0.3) is 0 Å². The fourth-order valence-corrected chi connectivity index (χ4v) is 2.96. The fraction of sp³-hybridized carbons (Fsp3) is 0.412. The van der Waals surface area contributed by atoms with Gasteiger partial charge in [0.2, 0.25) is 0 Å². The van der Waals surface area contributed by atoms with E-state index in [1.807, 2.05) is 18.3 Å². The van der Waals surface area contributed by atoms with Crippen LogP contribution in [0.25, 0.3) is 0 Å². The maximum Gasteiger partial charge on any atom is 0.128 e. The lowest BCUT2D eigenvalue weighted by Crippen LogP contribution is -2.33. The molecule has 1 aliphatic rings. The van der Waals surface area contributed by atoms with Crippen molar-refractivity contribution in [3.63, 3.8) is 0 Å². The molecule has 2 aromatic rings. The Morgan fingerprint density at radius 2 is 2.19 bits per heavy atom. The first kappa shape index (κ1) is 14.1. The summed E-state index contributed by atoms with van der Waals surface area (Å²) in [5.41, 5.74) is 3.40. The molecule has 0 saturated heterocycles. The second-order valence-corrected chi connectivity index (χ2v) is 5.56. The molecule has 1 unspecified atom stereocenters. The van der Waals surface area contributed by atoms with Gasteiger partial charge in [-0.2, -0.15) is 0 Å². The number of nitrogens with zero attached hydrogens (tertiary/aromatic N) is 3. The highest BCUT2D eigenvalue weighted by atomic mass is 19.1. The number of rotatable bonds is 3. The molecule has 2 heterocycles. The van der Waals surface area contributed by atoms with Crippen molar-refractivity contribution in [2.24, 2.45) is 0 Å². The Hall–Kier alpha value is -1.81. The molecule has 0 aliphatic carbocycles. The average molecular weight is 285 g/mol. The van der Waals surface area contributed by atoms with Gasteiger partial charge in [-0.15, -0.1) is 0 Å². The van der Waals surface area contributed by atoms with Gasteiger partial charge in [0.1, 0.15) is 11.6 Å². The molecule has 0 amide bonds. The topological polar surface area (TPSA) is 29.0 Å². The van der Waals surface area contributed by atoms with Crippen LogP contribution in [0.5, 0.6) is 0 Å². The minimum absolute atomic E-state index is 0.155. The van der Waals surface area contributed by atoms with Gasteiger partial charge in [-0.1, -0.05) is 13.0 Å². The minimum Gasteiger partial charge on any atom is -0.290 e. The predicted octanol–water partition coefficient (Wildman–Crippen LogP) is 3.30. The number of aryl methyl sites for hydroxylation is 1. The van der Waals surface area contributed by atoms with Gasteiger partial charge in [-0.25, -0.2) is 14.4 Å². The number of hydrogen-bond acceptors (Lipinski definition) is 3. The molecule has 0 fully saturated rings. The van der Waals surface area contributed by atoms with E-state index < -0.39 is 0 Å². The van der Waals surface area contributed by atoms with Crippen LogP contribution in [0.4, 0.5) is 4.39 Å². The molecule has 1 aliphatic heterocycles. The highest BCUT2D eigenvalue weighted by molar-refractivity contribution is 5.32. The molecular weight excluding hydrogens is 265 g/mol. The lowest BCUT2D eigenvalue weighted by molar-refractivity contribution is 0.186. The second-order valence-electron chi connectivity index (χ2n) is 5.56. The van der Waals surface area contributed by atoms with Crippen LogP contribution < -0.4 is 0 Å². The first-order valence-corrected chi connectivity index (χ1v) is 7.50. The molecule has 1 aromatic heterocycles. The summed E-state index contributed by atoms with van der Waals surface area (Å²) >= 11 is 0. The zero-order valence-corrected chi connectivity index (χ0v) is 12.5. The largest absolute Gasteiger partial charge is 0.290 e. The van der Waals surface area contributed by atoms with E-state index in [-0.39, 0.29) is 11.9 Å². The number of aromatic nitrogens is 2. The third-order valence-electron chi connectivity index (χ3n) is 4.22. The van der Waals surface area contributed by atoms with E-state index in [4.69, 9.17) is 0 Å². The minimum atomic E-state index is -0.155. The smallest absolute Gasteiger partial charge is 0.128 e. The highest BCUT2D eigenvalue weighted by Gasteiger charge is 2.24. The summed E-state index contributed by atoms with van der Waals surface area (Å²) in [6, 6.07) is 7.32. The van der Waals surface area contributed by atoms with E-state index >= 15 is 0 Å². The number of hydrogen-bond donors (Lipinski definition) is 0. The first-order chi connectivity index (χ1) is 10.2. The van der Waals surface area contributed by atoms with E-state index in [1.165, 1.54) is 5.56 Å². The molecule has 1 aromatic carbocycles. The van der Waals surface area contributed by atoms with Crippen molar-refractivity contribution >= 4 is 0 Å². The van der Waals surface area contributed by atoms with Gasteiger partial charge in [0.15, 0.2) is 0 Å². The molecule has 0 saturated carbocycles. The molecule has 3 nitrogen and oxygen atoms in total. The van der Waals surface area contributed by atoms with Crippen molar-refractivity contribution in [1.82, 2.24) is 14.9 Å². The number of fused-ring (bicyclic) bond motifs is 1. The summed E-state index contributed by atoms with van der Waals surface area (Å²) in [7, 11) is 0. The van der Waals surface area contributed by atoms with Gasteiger partial charge in [-0.05, 0) is 42.7 Å². The highest BCUT2D eigenvalue weighted by Crippen LogP contribution is 2.30. The zero-order chi connectivity index (χ0) is 14.8. The Bertz CT molecular complexity index is 642. The molecule has 110 valence electrons. The average Bonchev–Trinajstić information content (AvgIpc) is 2.51. The third kappa shape index (κ3) is 2.95. The van der Waals surface area contributed by atoms with Crippen LogP contribution in [0.3, 0.4) is 0 Å². The Labute approximate surface area is 124 Å². The van der Waals surface area contributed by atoms with Crippen LogP contribution in [0.2, 0.25) is 0 Å². The number of benzene rings is 1. The van der Waals surface area contributed by atoms with Crippen molar-refractivity contribution in [2.45, 2.75) is 39.3 Å². The normalized spacial score (nSPS) is 18.5. The number of halogens is 1. The fourth-order valence-electron chi connectivity index (χ4n) is 2.96. The van der Waals surface area contributed by atoms with E-state index in [1.54, 1.807) is 12.1 Å². The molecule has 0 radical (unpaired) electrons. The molecular formula is C17H20FN3. The third-order valence-corrected chi connectivity index (χ3v) is 4.22. The Morgan fingerprint density at radius 3 is 3.00 bits per heavy atom. The van der Waals surface area contributed by atoms with Gasteiger partial charge < -0.3 is 0 Å². The summed E-state index contributed by atoms with van der Waals surface area (Å²) < 4.78 is 13.5. The van der Waals surface area contributed by atoms with Crippen LogP contribution in [0.15, 0.2) is 30.5 Å². The maximum atomic E-state index is 13.5. The molecule has 3 rings (SSSR count). The molecule has 21 heavy (non-hydrogen) atoms. The molecule has 4 heteroatoms. The molecule has 0 spiro atoms. The lowest BCUT2D eigenvalue weighted by atomic mass is 9.93. The van der Waals surface area contributed by atoms with E-state index in [0.29, 0.717) is 0 Å². The second kappa shape index (κ2) is 5.90. The first-order valence-electron chi connectivity index (χ1n) is 7.50. The quantitative estimate of drug-likeness (QED) is 0.866. The Balaban J connectivity index is 1.81. The standard InChI is InChI=1S/C17H20FN3/c1-3-17-19-8-6-15(20-17)11-21-9-7-13-4-5-14(18)10-16(13)12(21)2/h4-6,8,10,12H,3,7,9,11H2,1-2H3. The van der Waals surface area contributed by atoms with Gasteiger partial charge in [-0.3, -0.25) is 4.90 Å². The maximum absolute atomic E-state index is 13.5. The van der Waals surface area contributed by atoms with Crippen molar-refractivity contribution < 1.29 is 4.39 Å².